The number of nitrogens with zero attached hydrogens (tertiary/aromatic N) is 2. The molecule has 3 heteroatoms. The Morgan fingerprint density at radius 1 is 0.750 bits per heavy atom. The molecule has 28 heavy (non-hydrogen) atoms. The molecule has 0 aliphatic rings. The van der Waals surface area contributed by atoms with Crippen molar-refractivity contribution in [3.05, 3.63) is 126 Å². The molecule has 0 aliphatic carbocycles. The molecule has 0 amide bonds. The normalized spacial score (nSPS) is 12.0. The van der Waals surface area contributed by atoms with E-state index in [0.717, 1.165) is 13.1 Å². The molecule has 0 N–H and O–H groups in total. The molecule has 0 bridgehead atoms. The van der Waals surface area contributed by atoms with Crippen LogP contribution < -0.4 is 4.57 Å². The fourth-order valence-electron chi connectivity index (χ4n) is 3.32. The van der Waals surface area contributed by atoms with E-state index in [9.17, 15) is 0 Å². The van der Waals surface area contributed by atoms with Crippen LogP contribution in [0.4, 0.5) is 0 Å². The van der Waals surface area contributed by atoms with Gasteiger partial charge in [0, 0.05) is 0 Å². The number of ether oxygens (including phenoxy) is 1. The molecule has 0 radical (unpaired) electrons. The predicted octanol–water partition coefficient (Wildman–Crippen LogP) is 4.78. The van der Waals surface area contributed by atoms with Crippen LogP contribution >= 0.6 is 0 Å². The Hall–Kier alpha value is -3.17. The van der Waals surface area contributed by atoms with E-state index in [4.69, 9.17) is 4.74 Å². The van der Waals surface area contributed by atoms with Gasteiger partial charge in [-0.15, -0.1) is 0 Å². The van der Waals surface area contributed by atoms with Crippen LogP contribution in [-0.2, 0) is 24.4 Å². The van der Waals surface area contributed by atoms with Crippen molar-refractivity contribution in [1.29, 1.82) is 0 Å². The highest BCUT2D eigenvalue weighted by atomic mass is 16.5. The van der Waals surface area contributed by atoms with Gasteiger partial charge in [0.2, 0.25) is 6.33 Å². The van der Waals surface area contributed by atoms with E-state index in [1.165, 1.54) is 16.7 Å². The monoisotopic (exact) mass is 369 g/mol. The second-order valence-electron chi connectivity index (χ2n) is 6.96. The smallest absolute Gasteiger partial charge is 0.244 e. The first-order valence-electron chi connectivity index (χ1n) is 9.66. The van der Waals surface area contributed by atoms with Crippen LogP contribution in [0.1, 0.15) is 22.8 Å². The van der Waals surface area contributed by atoms with Gasteiger partial charge in [-0.2, -0.15) is 0 Å². The van der Waals surface area contributed by atoms with E-state index in [0.29, 0.717) is 6.61 Å². The zero-order valence-electron chi connectivity index (χ0n) is 15.9. The first-order valence-corrected chi connectivity index (χ1v) is 9.66. The molecule has 1 atom stereocenters. The summed E-state index contributed by atoms with van der Waals surface area (Å²) in [5.74, 6) is 0. The zero-order chi connectivity index (χ0) is 19.0. The molecular formula is C25H25N2O+. The Labute approximate surface area is 166 Å². The molecule has 0 fully saturated rings. The molecule has 0 saturated carbocycles. The van der Waals surface area contributed by atoms with E-state index < -0.39 is 0 Å². The number of rotatable bonds is 8. The van der Waals surface area contributed by atoms with Crippen molar-refractivity contribution < 1.29 is 9.30 Å². The highest BCUT2D eigenvalue weighted by Crippen LogP contribution is 2.21. The van der Waals surface area contributed by atoms with E-state index in [2.05, 4.69) is 101 Å². The maximum Gasteiger partial charge on any atom is 0.244 e. The van der Waals surface area contributed by atoms with Gasteiger partial charge in [0.25, 0.3) is 0 Å². The lowest BCUT2D eigenvalue weighted by atomic mass is 10.1. The van der Waals surface area contributed by atoms with Crippen molar-refractivity contribution in [2.75, 3.05) is 0 Å². The predicted molar refractivity (Wildman–Crippen MR) is 111 cm³/mol. The molecule has 4 rings (SSSR count). The Bertz CT molecular complexity index is 965. The minimum absolute atomic E-state index is 0.000943. The van der Waals surface area contributed by atoms with Crippen molar-refractivity contribution in [3.63, 3.8) is 0 Å². The van der Waals surface area contributed by atoms with E-state index in [1.807, 2.05) is 18.2 Å². The average molecular weight is 369 g/mol. The molecule has 0 spiro atoms. The minimum atomic E-state index is -0.000943. The summed E-state index contributed by atoms with van der Waals surface area (Å²) in [6.45, 7) is 2.25. The second kappa shape index (κ2) is 9.16. The van der Waals surface area contributed by atoms with Gasteiger partial charge in [0.05, 0.1) is 6.61 Å². The summed E-state index contributed by atoms with van der Waals surface area (Å²) in [7, 11) is 0. The number of hydrogen-bond donors (Lipinski definition) is 0. The molecule has 3 aromatic carbocycles. The quantitative estimate of drug-likeness (QED) is 0.409. The van der Waals surface area contributed by atoms with Crippen LogP contribution in [-0.4, -0.2) is 4.57 Å². The maximum absolute atomic E-state index is 6.32. The van der Waals surface area contributed by atoms with Gasteiger partial charge in [0.15, 0.2) is 0 Å². The van der Waals surface area contributed by atoms with Crippen molar-refractivity contribution in [2.45, 2.75) is 25.8 Å². The zero-order valence-corrected chi connectivity index (χ0v) is 15.9. The van der Waals surface area contributed by atoms with E-state index >= 15 is 0 Å². The maximum atomic E-state index is 6.32. The van der Waals surface area contributed by atoms with Gasteiger partial charge in [-0.3, -0.25) is 0 Å². The van der Waals surface area contributed by atoms with Crippen LogP contribution in [0.3, 0.4) is 0 Å². The lowest BCUT2D eigenvalue weighted by Gasteiger charge is -2.17. The molecule has 1 aromatic heterocycles. The summed E-state index contributed by atoms with van der Waals surface area (Å²) in [6.07, 6.45) is 6.38. The van der Waals surface area contributed by atoms with Crippen LogP contribution in [0.15, 0.2) is 110 Å². The van der Waals surface area contributed by atoms with E-state index in [1.54, 1.807) is 0 Å². The number of aromatic nitrogens is 2. The van der Waals surface area contributed by atoms with Gasteiger partial charge in [-0.25, -0.2) is 9.13 Å². The minimum Gasteiger partial charge on any atom is -0.365 e. The number of imidazole rings is 1. The Morgan fingerprint density at radius 2 is 1.36 bits per heavy atom. The van der Waals surface area contributed by atoms with Gasteiger partial charge >= 0.3 is 0 Å². The molecule has 4 aromatic rings. The third-order valence-corrected chi connectivity index (χ3v) is 4.80. The number of hydrogen-bond acceptors (Lipinski definition) is 1. The van der Waals surface area contributed by atoms with Gasteiger partial charge in [-0.1, -0.05) is 91.0 Å². The molecule has 140 valence electrons. The second-order valence-corrected chi connectivity index (χ2v) is 6.96. The SMILES string of the molecule is c1ccc(COC(Cn2cc[n+](Cc3ccccc3)c2)c2ccccc2)cc1. The molecule has 0 saturated heterocycles. The summed E-state index contributed by atoms with van der Waals surface area (Å²) in [6, 6.07) is 31.3. The number of benzene rings is 3. The van der Waals surface area contributed by atoms with Crippen LogP contribution in [0.25, 0.3) is 0 Å². The Morgan fingerprint density at radius 3 is 2.04 bits per heavy atom. The first-order chi connectivity index (χ1) is 13.9. The average Bonchev–Trinajstić information content (AvgIpc) is 3.20. The van der Waals surface area contributed by atoms with Crippen molar-refractivity contribution in [2.24, 2.45) is 0 Å². The molecule has 3 nitrogen and oxygen atoms in total. The summed E-state index contributed by atoms with van der Waals surface area (Å²) in [5, 5.41) is 0. The highest BCUT2D eigenvalue weighted by Gasteiger charge is 2.17. The lowest BCUT2D eigenvalue weighted by Crippen LogP contribution is -2.31. The summed E-state index contributed by atoms with van der Waals surface area (Å²) < 4.78 is 10.7. The van der Waals surface area contributed by atoms with Crippen molar-refractivity contribution >= 4 is 0 Å². The van der Waals surface area contributed by atoms with Gasteiger partial charge in [-0.05, 0) is 16.7 Å². The third-order valence-electron chi connectivity index (χ3n) is 4.80. The highest BCUT2D eigenvalue weighted by molar-refractivity contribution is 5.18. The Kier molecular flexibility index (Phi) is 5.95. The van der Waals surface area contributed by atoms with Crippen LogP contribution in [0.5, 0.6) is 0 Å². The molecule has 1 heterocycles. The van der Waals surface area contributed by atoms with Crippen molar-refractivity contribution in [3.8, 4) is 0 Å². The topological polar surface area (TPSA) is 18.0 Å². The standard InChI is InChI=1S/C25H25N2O/c1-4-10-22(11-5-1)18-26-16-17-27(21-26)19-25(24-14-8-3-9-15-24)28-20-23-12-6-2-7-13-23/h1-17,21,25H,18-20H2/q+1. The molecule has 0 aliphatic heterocycles. The summed E-state index contributed by atoms with van der Waals surface area (Å²) in [4.78, 5) is 0. The lowest BCUT2D eigenvalue weighted by molar-refractivity contribution is -0.687. The summed E-state index contributed by atoms with van der Waals surface area (Å²) in [5.41, 5.74) is 3.68. The van der Waals surface area contributed by atoms with Gasteiger partial charge in [0.1, 0.15) is 31.6 Å². The third kappa shape index (κ3) is 4.96. The van der Waals surface area contributed by atoms with E-state index in [-0.39, 0.29) is 6.10 Å². The Balaban J connectivity index is 1.46. The van der Waals surface area contributed by atoms with Crippen molar-refractivity contribution in [1.82, 2.24) is 4.57 Å². The fraction of sp³-hybridized carbons (Fsp3) is 0.160. The molecule has 1 unspecified atom stereocenters. The largest absolute Gasteiger partial charge is 0.365 e. The summed E-state index contributed by atoms with van der Waals surface area (Å²) >= 11 is 0. The van der Waals surface area contributed by atoms with Crippen LogP contribution in [0, 0.1) is 0 Å². The fourth-order valence-corrected chi connectivity index (χ4v) is 3.32. The van der Waals surface area contributed by atoms with Gasteiger partial charge < -0.3 is 4.74 Å². The first kappa shape index (κ1) is 18.2. The van der Waals surface area contributed by atoms with Crippen LogP contribution in [0.2, 0.25) is 0 Å². The molecular weight excluding hydrogens is 344 g/mol.